The zero-order valence-electron chi connectivity index (χ0n) is 16.0. The Morgan fingerprint density at radius 2 is 1.75 bits per heavy atom. The molecule has 0 aliphatic rings. The number of pyridine rings is 1. The molecule has 0 fully saturated rings. The van der Waals surface area contributed by atoms with Gasteiger partial charge in [0.2, 0.25) is 5.13 Å². The van der Waals surface area contributed by atoms with Crippen molar-refractivity contribution < 1.29 is 17.6 Å². The predicted octanol–water partition coefficient (Wildman–Crippen LogP) is 7.47. The van der Waals surface area contributed by atoms with E-state index in [0.29, 0.717) is 10.6 Å². The second-order valence-corrected chi connectivity index (χ2v) is 8.78. The molecule has 162 valence electrons. The van der Waals surface area contributed by atoms with Gasteiger partial charge in [0.05, 0.1) is 42.6 Å². The molecule has 0 aliphatic carbocycles. The van der Waals surface area contributed by atoms with E-state index in [-0.39, 0.29) is 38.0 Å². The molecule has 0 atom stereocenters. The molecule has 32 heavy (non-hydrogen) atoms. The summed E-state index contributed by atoms with van der Waals surface area (Å²) in [6.45, 7) is 1.47. The van der Waals surface area contributed by atoms with Gasteiger partial charge in [-0.05, 0) is 37.3 Å². The summed E-state index contributed by atoms with van der Waals surface area (Å²) in [5.74, 6) is -0.822. The molecule has 4 nitrogen and oxygen atoms in total. The molecule has 5 rings (SSSR count). The van der Waals surface area contributed by atoms with E-state index >= 15 is 0 Å². The van der Waals surface area contributed by atoms with E-state index < -0.39 is 17.6 Å². The van der Waals surface area contributed by atoms with E-state index in [1.54, 1.807) is 6.07 Å². The molecule has 0 radical (unpaired) electrons. The Kier molecular flexibility index (Phi) is 4.88. The number of rotatable bonds is 2. The number of halogens is 6. The van der Waals surface area contributed by atoms with Gasteiger partial charge in [0.1, 0.15) is 5.82 Å². The number of hydrogen-bond acceptors (Lipinski definition) is 4. The Morgan fingerprint density at radius 1 is 1.00 bits per heavy atom. The maximum atomic E-state index is 14.1. The number of nitrogens with zero attached hydrogens (tertiary/aromatic N) is 4. The third-order valence-corrected chi connectivity index (χ3v) is 6.48. The number of fused-ring (bicyclic) bond motifs is 2. The molecular formula is C21H10Cl2F4N4S. The lowest BCUT2D eigenvalue weighted by Crippen LogP contribution is -2.08. The van der Waals surface area contributed by atoms with Gasteiger partial charge in [-0.25, -0.2) is 14.4 Å². The van der Waals surface area contributed by atoms with Crippen LogP contribution in [0.25, 0.3) is 37.6 Å². The summed E-state index contributed by atoms with van der Waals surface area (Å²) in [7, 11) is 0. The third-order valence-electron chi connectivity index (χ3n) is 4.87. The molecule has 3 heterocycles. The van der Waals surface area contributed by atoms with Crippen LogP contribution in [0.3, 0.4) is 0 Å². The summed E-state index contributed by atoms with van der Waals surface area (Å²) in [6.07, 6.45) is -4.71. The van der Waals surface area contributed by atoms with Crippen LogP contribution in [0.4, 0.5) is 17.6 Å². The number of alkyl halides is 3. The fourth-order valence-corrected chi connectivity index (χ4v) is 4.85. The van der Waals surface area contributed by atoms with Crippen molar-refractivity contribution in [2.24, 2.45) is 0 Å². The number of para-hydroxylation sites is 1. The lowest BCUT2D eigenvalue weighted by molar-refractivity contribution is -0.136. The number of thiazole rings is 1. The van der Waals surface area contributed by atoms with Crippen LogP contribution in [0.2, 0.25) is 10.0 Å². The van der Waals surface area contributed by atoms with Crippen LogP contribution in [0.5, 0.6) is 0 Å². The standard InChI is InChI=1S/C21H10Cl2F4N4S/c1-9-18-11(21(25,26)27)7-16(10-6-14(24)13(23)8-12(10)22)28-19(18)31(30-9)20-29-15-4-2-3-5-17(15)32-20/h2-8H,1H3. The molecule has 0 N–H and O–H groups in total. The summed E-state index contributed by atoms with van der Waals surface area (Å²) in [4.78, 5) is 8.87. The first-order chi connectivity index (χ1) is 15.1. The van der Waals surface area contributed by atoms with Crippen molar-refractivity contribution in [3.63, 3.8) is 0 Å². The van der Waals surface area contributed by atoms with E-state index in [2.05, 4.69) is 15.1 Å². The fourth-order valence-electron chi connectivity index (χ4n) is 3.45. The SMILES string of the molecule is Cc1nn(-c2nc3ccccc3s2)c2nc(-c3cc(F)c(Cl)cc3Cl)cc(C(F)(F)F)c12. The fraction of sp³-hybridized carbons (Fsp3) is 0.0952. The highest BCUT2D eigenvalue weighted by molar-refractivity contribution is 7.20. The number of benzene rings is 2. The van der Waals surface area contributed by atoms with Gasteiger partial charge in [-0.3, -0.25) is 0 Å². The highest BCUT2D eigenvalue weighted by Gasteiger charge is 2.36. The van der Waals surface area contributed by atoms with Gasteiger partial charge < -0.3 is 0 Å². The third kappa shape index (κ3) is 3.41. The van der Waals surface area contributed by atoms with Crippen LogP contribution in [0.1, 0.15) is 11.3 Å². The Hall–Kier alpha value is -2.75. The van der Waals surface area contributed by atoms with Crippen LogP contribution < -0.4 is 0 Å². The van der Waals surface area contributed by atoms with Crippen molar-refractivity contribution in [3.8, 4) is 16.4 Å². The first kappa shape index (κ1) is 21.1. The van der Waals surface area contributed by atoms with Gasteiger partial charge in [-0.1, -0.05) is 46.7 Å². The molecule has 0 saturated carbocycles. The lowest BCUT2D eigenvalue weighted by atomic mass is 10.0. The zero-order chi connectivity index (χ0) is 22.8. The molecule has 0 aliphatic heterocycles. The Bertz CT molecular complexity index is 1490. The van der Waals surface area contributed by atoms with Gasteiger partial charge in [0.15, 0.2) is 5.65 Å². The van der Waals surface area contributed by atoms with Gasteiger partial charge >= 0.3 is 6.18 Å². The van der Waals surface area contributed by atoms with Gasteiger partial charge in [-0.2, -0.15) is 23.0 Å². The second-order valence-electron chi connectivity index (χ2n) is 6.96. The molecule has 11 heteroatoms. The molecule has 5 aromatic rings. The van der Waals surface area contributed by atoms with Gasteiger partial charge in [0.25, 0.3) is 0 Å². The molecule has 3 aromatic heterocycles. The summed E-state index contributed by atoms with van der Waals surface area (Å²) in [5, 5.41) is 4.22. The van der Waals surface area contributed by atoms with E-state index in [1.165, 1.54) is 22.9 Å². The summed E-state index contributed by atoms with van der Waals surface area (Å²) in [5.41, 5.74) is -0.363. The normalized spacial score (nSPS) is 12.2. The minimum absolute atomic E-state index is 0.0179. The minimum Gasteiger partial charge on any atom is -0.228 e. The van der Waals surface area contributed by atoms with Crippen molar-refractivity contribution in [3.05, 3.63) is 69.6 Å². The zero-order valence-corrected chi connectivity index (χ0v) is 18.3. The highest BCUT2D eigenvalue weighted by atomic mass is 35.5. The highest BCUT2D eigenvalue weighted by Crippen LogP contribution is 2.41. The largest absolute Gasteiger partial charge is 0.417 e. The topological polar surface area (TPSA) is 43.6 Å². The first-order valence-corrected chi connectivity index (χ1v) is 10.7. The van der Waals surface area contributed by atoms with Crippen molar-refractivity contribution in [2.75, 3.05) is 0 Å². The van der Waals surface area contributed by atoms with E-state index in [1.807, 2.05) is 18.2 Å². The number of aromatic nitrogens is 4. The van der Waals surface area contributed by atoms with Crippen LogP contribution in [0, 0.1) is 12.7 Å². The average molecular weight is 497 g/mol. The Morgan fingerprint density at radius 3 is 2.47 bits per heavy atom. The van der Waals surface area contributed by atoms with Crippen LogP contribution in [-0.2, 0) is 6.18 Å². The molecule has 0 saturated heterocycles. The summed E-state index contributed by atoms with van der Waals surface area (Å²) < 4.78 is 58.2. The van der Waals surface area contributed by atoms with Crippen LogP contribution in [0.15, 0.2) is 42.5 Å². The lowest BCUT2D eigenvalue weighted by Gasteiger charge is -2.12. The van der Waals surface area contributed by atoms with E-state index in [4.69, 9.17) is 23.2 Å². The predicted molar refractivity (Wildman–Crippen MR) is 117 cm³/mol. The quantitative estimate of drug-likeness (QED) is 0.188. The van der Waals surface area contributed by atoms with E-state index in [0.717, 1.165) is 22.9 Å². The number of hydrogen-bond donors (Lipinski definition) is 0. The Labute approximate surface area is 192 Å². The molecule has 2 aromatic carbocycles. The molecule has 0 bridgehead atoms. The van der Waals surface area contributed by atoms with Crippen molar-refractivity contribution >= 4 is 55.8 Å². The molecule has 0 spiro atoms. The van der Waals surface area contributed by atoms with Gasteiger partial charge in [0, 0.05) is 5.56 Å². The molecule has 0 unspecified atom stereocenters. The number of aryl methyl sites for hydroxylation is 1. The summed E-state index contributed by atoms with van der Waals surface area (Å²) >= 11 is 13.2. The second kappa shape index (κ2) is 7.40. The maximum absolute atomic E-state index is 14.1. The minimum atomic E-state index is -4.71. The first-order valence-electron chi connectivity index (χ1n) is 9.12. The van der Waals surface area contributed by atoms with Crippen LogP contribution >= 0.6 is 34.5 Å². The van der Waals surface area contributed by atoms with Crippen molar-refractivity contribution in [1.29, 1.82) is 0 Å². The van der Waals surface area contributed by atoms with Crippen molar-refractivity contribution in [1.82, 2.24) is 19.7 Å². The molecular weight excluding hydrogens is 487 g/mol. The monoisotopic (exact) mass is 496 g/mol. The van der Waals surface area contributed by atoms with Crippen molar-refractivity contribution in [2.45, 2.75) is 13.1 Å². The average Bonchev–Trinajstić information content (AvgIpc) is 3.30. The van der Waals surface area contributed by atoms with Crippen LogP contribution in [-0.4, -0.2) is 19.7 Å². The summed E-state index contributed by atoms with van der Waals surface area (Å²) in [6, 6.07) is 10.2. The van der Waals surface area contributed by atoms with Gasteiger partial charge in [-0.15, -0.1) is 0 Å². The molecule has 0 amide bonds. The smallest absolute Gasteiger partial charge is 0.228 e. The van der Waals surface area contributed by atoms with E-state index in [9.17, 15) is 17.6 Å². The maximum Gasteiger partial charge on any atom is 0.417 e. The Balaban J connectivity index is 1.85.